The second-order valence-electron chi connectivity index (χ2n) is 6.20. The monoisotopic (exact) mass is 458 g/mol. The molecule has 0 unspecified atom stereocenters. The Morgan fingerprint density at radius 2 is 0.920 bits per heavy atom. The summed E-state index contributed by atoms with van der Waals surface area (Å²) in [6.45, 7) is 2.02. The van der Waals surface area contributed by atoms with Gasteiger partial charge in [0.2, 0.25) is 0 Å². The smallest absolute Gasteiger partial charge is 0.303 e. The molecule has 0 aromatic rings. The maximum atomic E-state index is 10.3. The van der Waals surface area contributed by atoms with E-state index < -0.39 is 5.97 Å². The Morgan fingerprint density at radius 1 is 0.680 bits per heavy atom. The van der Waals surface area contributed by atoms with Crippen LogP contribution in [0.5, 0.6) is 0 Å². The standard InChI is InChI=1S/C18H36O2.CH2O2.2Zn/c1-2-3-4-5-6-7-8-9-10-11-12-13-14-15-16-17-18(19)20;2-1-3;;/h2-17H2,1H3,(H,19,20);1H,(H,2,3);;. The zero-order valence-electron chi connectivity index (χ0n) is 16.5. The minimum atomic E-state index is -0.653. The average molecular weight is 461 g/mol. The molecule has 2 N–H and O–H groups in total. The van der Waals surface area contributed by atoms with Gasteiger partial charge in [0.1, 0.15) is 0 Å². The van der Waals surface area contributed by atoms with Crippen LogP contribution in [0.3, 0.4) is 0 Å². The third-order valence-corrected chi connectivity index (χ3v) is 3.99. The molecular weight excluding hydrogens is 423 g/mol. The largest absolute Gasteiger partial charge is 0.483 e. The van der Waals surface area contributed by atoms with Crippen LogP contribution < -0.4 is 0 Å². The first-order chi connectivity index (χ1) is 11.2. The van der Waals surface area contributed by atoms with Gasteiger partial charge in [-0.25, -0.2) is 0 Å². The van der Waals surface area contributed by atoms with Crippen LogP contribution in [0.25, 0.3) is 0 Å². The predicted octanol–water partition coefficient (Wildman–Crippen LogP) is 6.03. The van der Waals surface area contributed by atoms with Crippen LogP contribution >= 0.6 is 0 Å². The molecule has 6 heteroatoms. The Bertz CT molecular complexity index is 252. The molecule has 142 valence electrons. The minimum absolute atomic E-state index is 0. The van der Waals surface area contributed by atoms with Crippen LogP contribution in [-0.2, 0) is 48.5 Å². The summed E-state index contributed by atoms with van der Waals surface area (Å²) in [5.74, 6) is -0.653. The van der Waals surface area contributed by atoms with E-state index in [4.69, 9.17) is 15.0 Å². The number of carboxylic acid groups (broad SMARTS) is 2. The number of hydrogen-bond donors (Lipinski definition) is 2. The summed E-state index contributed by atoms with van der Waals surface area (Å²) in [6, 6.07) is 0. The molecule has 0 aliphatic heterocycles. The van der Waals surface area contributed by atoms with Gasteiger partial charge in [-0.15, -0.1) is 0 Å². The van der Waals surface area contributed by atoms with E-state index in [9.17, 15) is 4.79 Å². The zero-order chi connectivity index (χ0) is 17.6. The molecule has 0 saturated carbocycles. The van der Waals surface area contributed by atoms with Crippen LogP contribution in [0, 0.1) is 0 Å². The molecule has 0 saturated heterocycles. The first kappa shape index (κ1) is 32.8. The molecule has 0 amide bonds. The van der Waals surface area contributed by atoms with Gasteiger partial charge >= 0.3 is 5.97 Å². The normalized spacial score (nSPS) is 9.16. The summed E-state index contributed by atoms with van der Waals surface area (Å²) in [5, 5.41) is 15.4. The van der Waals surface area contributed by atoms with E-state index in [1.807, 2.05) is 0 Å². The van der Waals surface area contributed by atoms with Crippen molar-refractivity contribution in [1.29, 1.82) is 0 Å². The van der Waals surface area contributed by atoms with Gasteiger partial charge in [0, 0.05) is 45.4 Å². The van der Waals surface area contributed by atoms with E-state index in [1.165, 1.54) is 83.5 Å². The van der Waals surface area contributed by atoms with Crippen molar-refractivity contribution in [3.8, 4) is 0 Å². The summed E-state index contributed by atoms with van der Waals surface area (Å²) in [5.41, 5.74) is 0. The number of hydrogen-bond acceptors (Lipinski definition) is 2. The predicted molar refractivity (Wildman–Crippen MR) is 95.9 cm³/mol. The van der Waals surface area contributed by atoms with Gasteiger partial charge in [-0.1, -0.05) is 96.8 Å². The molecule has 0 bridgehead atoms. The maximum absolute atomic E-state index is 10.3. The van der Waals surface area contributed by atoms with Crippen molar-refractivity contribution in [2.24, 2.45) is 0 Å². The van der Waals surface area contributed by atoms with Crippen LogP contribution in [-0.4, -0.2) is 22.7 Å². The zero-order valence-corrected chi connectivity index (χ0v) is 22.5. The van der Waals surface area contributed by atoms with E-state index in [2.05, 4.69) is 6.92 Å². The van der Waals surface area contributed by atoms with E-state index >= 15 is 0 Å². The first-order valence-corrected chi connectivity index (χ1v) is 9.48. The van der Waals surface area contributed by atoms with Crippen molar-refractivity contribution in [2.45, 2.75) is 110 Å². The van der Waals surface area contributed by atoms with Crippen LogP contribution in [0.4, 0.5) is 0 Å². The van der Waals surface area contributed by atoms with E-state index in [-0.39, 0.29) is 45.4 Å². The second-order valence-corrected chi connectivity index (χ2v) is 6.20. The van der Waals surface area contributed by atoms with Crippen LogP contribution in [0.15, 0.2) is 0 Å². The van der Waals surface area contributed by atoms with Gasteiger partial charge < -0.3 is 10.2 Å². The molecule has 25 heavy (non-hydrogen) atoms. The Kier molecular flexibility index (Phi) is 41.9. The van der Waals surface area contributed by atoms with Crippen LogP contribution in [0.2, 0.25) is 0 Å². The average Bonchev–Trinajstić information content (AvgIpc) is 2.51. The maximum Gasteiger partial charge on any atom is 0.303 e. The number of aliphatic carboxylic acids is 1. The molecule has 0 fully saturated rings. The van der Waals surface area contributed by atoms with Crippen LogP contribution in [0.1, 0.15) is 110 Å². The molecule has 0 spiro atoms. The number of rotatable bonds is 16. The quantitative estimate of drug-likeness (QED) is 0.167. The topological polar surface area (TPSA) is 74.6 Å². The van der Waals surface area contributed by atoms with Crippen molar-refractivity contribution in [3.05, 3.63) is 0 Å². The van der Waals surface area contributed by atoms with E-state index in [1.54, 1.807) is 0 Å². The van der Waals surface area contributed by atoms with E-state index in [0.717, 1.165) is 12.8 Å². The van der Waals surface area contributed by atoms with Crippen molar-refractivity contribution in [1.82, 2.24) is 0 Å². The molecule has 0 aliphatic carbocycles. The fourth-order valence-corrected chi connectivity index (χ4v) is 2.65. The fourth-order valence-electron chi connectivity index (χ4n) is 2.65. The summed E-state index contributed by atoms with van der Waals surface area (Å²) in [7, 11) is 0. The van der Waals surface area contributed by atoms with Crippen molar-refractivity contribution in [3.63, 3.8) is 0 Å². The third-order valence-electron chi connectivity index (χ3n) is 3.99. The Hall–Kier alpha value is 0.187. The van der Waals surface area contributed by atoms with Gasteiger partial charge in [-0.3, -0.25) is 9.59 Å². The van der Waals surface area contributed by atoms with Gasteiger partial charge in [-0.05, 0) is 6.42 Å². The molecule has 0 heterocycles. The number of carboxylic acids is 1. The molecule has 0 radical (unpaired) electrons. The Balaban J connectivity index is -0.000000409. The van der Waals surface area contributed by atoms with Gasteiger partial charge in [0.25, 0.3) is 6.47 Å². The van der Waals surface area contributed by atoms with Gasteiger partial charge in [-0.2, -0.15) is 0 Å². The Morgan fingerprint density at radius 3 is 1.16 bits per heavy atom. The SMILES string of the molecule is CCCCCCCCCCCCCCCCCC(=O)O.O=CO.[Zn].[Zn]. The van der Waals surface area contributed by atoms with Crippen molar-refractivity contribution < 1.29 is 58.8 Å². The molecule has 0 aliphatic rings. The second kappa shape index (κ2) is 31.9. The molecule has 4 nitrogen and oxygen atoms in total. The summed E-state index contributed by atoms with van der Waals surface area (Å²) in [6.07, 6.45) is 20.2. The fraction of sp³-hybridized carbons (Fsp3) is 0.895. The minimum Gasteiger partial charge on any atom is -0.483 e. The number of carbonyl (C=O) groups is 2. The summed E-state index contributed by atoms with van der Waals surface area (Å²) >= 11 is 0. The summed E-state index contributed by atoms with van der Waals surface area (Å²) in [4.78, 5) is 18.7. The first-order valence-electron chi connectivity index (χ1n) is 9.48. The molecule has 0 atom stereocenters. The molecule has 0 rings (SSSR count). The van der Waals surface area contributed by atoms with Crippen molar-refractivity contribution >= 4 is 12.4 Å². The molecule has 0 aromatic heterocycles. The van der Waals surface area contributed by atoms with Crippen molar-refractivity contribution in [2.75, 3.05) is 0 Å². The van der Waals surface area contributed by atoms with E-state index in [0.29, 0.717) is 6.42 Å². The molecular formula is C19H38O4Zn2. The number of unbranched alkanes of at least 4 members (excludes halogenated alkanes) is 14. The third kappa shape index (κ3) is 40.3. The summed E-state index contributed by atoms with van der Waals surface area (Å²) < 4.78 is 0. The van der Waals surface area contributed by atoms with Gasteiger partial charge in [0.15, 0.2) is 0 Å². The Labute approximate surface area is 180 Å². The molecule has 0 aromatic carbocycles. The van der Waals surface area contributed by atoms with Gasteiger partial charge in [0.05, 0.1) is 0 Å².